The highest BCUT2D eigenvalue weighted by Gasteiger charge is 2.10. The Balaban J connectivity index is 1.36. The van der Waals surface area contributed by atoms with Crippen LogP contribution in [-0.4, -0.2) is 54.8 Å². The summed E-state index contributed by atoms with van der Waals surface area (Å²) in [5, 5.41) is 19.2. The third-order valence-corrected chi connectivity index (χ3v) is 6.07. The van der Waals surface area contributed by atoms with Gasteiger partial charge in [0.2, 0.25) is 0 Å². The molecule has 0 aliphatic carbocycles. The molecule has 0 aliphatic rings. The predicted octanol–water partition coefficient (Wildman–Crippen LogP) is 5.28. The van der Waals surface area contributed by atoms with E-state index in [0.29, 0.717) is 26.4 Å². The molecule has 0 saturated carbocycles. The lowest BCUT2D eigenvalue weighted by atomic mass is 10.0. The fourth-order valence-corrected chi connectivity index (χ4v) is 4.08. The summed E-state index contributed by atoms with van der Waals surface area (Å²) in [5.74, 6) is -0.149. The molecule has 0 spiro atoms. The monoisotopic (exact) mass is 476 g/mol. The van der Waals surface area contributed by atoms with Crippen LogP contribution >= 0.6 is 11.3 Å². The molecule has 8 heteroatoms. The van der Waals surface area contributed by atoms with Crippen LogP contribution in [0.2, 0.25) is 0 Å². The largest absolute Gasteiger partial charge is 0.491 e. The van der Waals surface area contributed by atoms with Crippen LogP contribution in [0, 0.1) is 0 Å². The first kappa shape index (κ1) is 23.6. The van der Waals surface area contributed by atoms with Gasteiger partial charge in [0.15, 0.2) is 0 Å². The van der Waals surface area contributed by atoms with Crippen LogP contribution < -0.4 is 4.74 Å². The minimum atomic E-state index is -0.949. The van der Waals surface area contributed by atoms with Gasteiger partial charge >= 0.3 is 5.97 Å². The van der Waals surface area contributed by atoms with Crippen molar-refractivity contribution < 1.29 is 24.1 Å². The zero-order valence-corrected chi connectivity index (χ0v) is 19.5. The molecule has 0 fully saturated rings. The molecule has 0 atom stereocenters. The maximum Gasteiger partial charge on any atom is 0.335 e. The summed E-state index contributed by atoms with van der Waals surface area (Å²) in [7, 11) is 1.65. The molecule has 34 heavy (non-hydrogen) atoms. The molecule has 7 nitrogen and oxygen atoms in total. The van der Waals surface area contributed by atoms with E-state index in [2.05, 4.69) is 22.3 Å². The molecule has 0 amide bonds. The molecule has 3 aromatic carbocycles. The normalized spacial score (nSPS) is 10.9. The Labute approximate surface area is 201 Å². The molecule has 4 rings (SSSR count). The molecular weight excluding hydrogens is 452 g/mol. The quantitative estimate of drug-likeness (QED) is 0.295. The summed E-state index contributed by atoms with van der Waals surface area (Å²) < 4.78 is 16.0. The number of aromatic nitrogens is 2. The Morgan fingerprint density at radius 3 is 1.79 bits per heavy atom. The van der Waals surface area contributed by atoms with Gasteiger partial charge in [-0.25, -0.2) is 4.79 Å². The van der Waals surface area contributed by atoms with Crippen molar-refractivity contribution in [1.82, 2.24) is 10.2 Å². The summed E-state index contributed by atoms with van der Waals surface area (Å²) in [5.41, 5.74) is 4.24. The van der Waals surface area contributed by atoms with Gasteiger partial charge in [0, 0.05) is 18.2 Å². The van der Waals surface area contributed by atoms with Crippen molar-refractivity contribution >= 4 is 17.3 Å². The van der Waals surface area contributed by atoms with Crippen molar-refractivity contribution in [3.8, 4) is 38.0 Å². The van der Waals surface area contributed by atoms with Crippen LogP contribution in [0.25, 0.3) is 32.3 Å². The molecular formula is C26H24N2O5S. The smallest absolute Gasteiger partial charge is 0.335 e. The van der Waals surface area contributed by atoms with E-state index in [-0.39, 0.29) is 5.56 Å². The van der Waals surface area contributed by atoms with Gasteiger partial charge in [0.1, 0.15) is 22.4 Å². The number of rotatable bonds is 11. The number of hydrogen-bond acceptors (Lipinski definition) is 7. The van der Waals surface area contributed by atoms with E-state index >= 15 is 0 Å². The number of carboxylic acid groups (broad SMARTS) is 1. The molecule has 0 bridgehead atoms. The first-order valence-corrected chi connectivity index (χ1v) is 11.5. The van der Waals surface area contributed by atoms with Crippen LogP contribution in [0.15, 0.2) is 72.8 Å². The van der Waals surface area contributed by atoms with Gasteiger partial charge in [-0.3, -0.25) is 0 Å². The van der Waals surface area contributed by atoms with Crippen LogP contribution in [0.3, 0.4) is 0 Å². The van der Waals surface area contributed by atoms with Gasteiger partial charge in [0.25, 0.3) is 0 Å². The van der Waals surface area contributed by atoms with Crippen molar-refractivity contribution in [3.05, 3.63) is 78.4 Å². The van der Waals surface area contributed by atoms with Crippen molar-refractivity contribution in [3.63, 3.8) is 0 Å². The predicted molar refractivity (Wildman–Crippen MR) is 131 cm³/mol. The SMILES string of the molecule is COCCOCCOc1ccc(-c2ccc(-c3nnc(-c4ccc(C(=O)O)cc4)s3)cc2)cc1. The number of aromatic carboxylic acids is 1. The molecule has 0 radical (unpaired) electrons. The Kier molecular flexibility index (Phi) is 7.98. The first-order valence-electron chi connectivity index (χ1n) is 10.7. The minimum Gasteiger partial charge on any atom is -0.491 e. The van der Waals surface area contributed by atoms with Crippen molar-refractivity contribution in [2.24, 2.45) is 0 Å². The van der Waals surface area contributed by atoms with Gasteiger partial charge in [0.05, 0.1) is 25.4 Å². The molecule has 0 saturated heterocycles. The van der Waals surface area contributed by atoms with Crippen LogP contribution in [0.4, 0.5) is 0 Å². The lowest BCUT2D eigenvalue weighted by Gasteiger charge is -2.08. The van der Waals surface area contributed by atoms with Gasteiger partial charge < -0.3 is 19.3 Å². The Morgan fingerprint density at radius 2 is 1.24 bits per heavy atom. The molecule has 174 valence electrons. The number of nitrogens with zero attached hydrogens (tertiary/aromatic N) is 2. The van der Waals surface area contributed by atoms with Crippen LogP contribution in [0.1, 0.15) is 10.4 Å². The number of carbonyl (C=O) groups is 1. The third-order valence-electron chi connectivity index (χ3n) is 5.05. The van der Waals surface area contributed by atoms with Gasteiger partial charge in [-0.2, -0.15) is 0 Å². The van der Waals surface area contributed by atoms with E-state index in [1.807, 2.05) is 36.4 Å². The maximum absolute atomic E-state index is 11.0. The average Bonchev–Trinajstić information content (AvgIpc) is 3.37. The second kappa shape index (κ2) is 11.5. The zero-order valence-electron chi connectivity index (χ0n) is 18.6. The van der Waals surface area contributed by atoms with Crippen molar-refractivity contribution in [2.45, 2.75) is 0 Å². The summed E-state index contributed by atoms with van der Waals surface area (Å²) in [4.78, 5) is 11.0. The van der Waals surface area contributed by atoms with Crippen molar-refractivity contribution in [1.29, 1.82) is 0 Å². The number of hydrogen-bond donors (Lipinski definition) is 1. The van der Waals surface area contributed by atoms with E-state index in [1.165, 1.54) is 11.3 Å². The lowest BCUT2D eigenvalue weighted by molar-refractivity contribution is 0.0544. The average molecular weight is 477 g/mol. The Bertz CT molecular complexity index is 1210. The summed E-state index contributed by atoms with van der Waals surface area (Å²) in [6, 6.07) is 22.7. The van der Waals surface area contributed by atoms with E-state index in [9.17, 15) is 4.79 Å². The fourth-order valence-electron chi connectivity index (χ4n) is 3.22. The highest BCUT2D eigenvalue weighted by atomic mass is 32.1. The van der Waals surface area contributed by atoms with Gasteiger partial charge in [-0.15, -0.1) is 10.2 Å². The van der Waals surface area contributed by atoms with Crippen LogP contribution in [0.5, 0.6) is 5.75 Å². The number of methoxy groups -OCH3 is 1. The number of benzene rings is 3. The molecule has 1 heterocycles. The lowest BCUT2D eigenvalue weighted by Crippen LogP contribution is -2.09. The van der Waals surface area contributed by atoms with E-state index in [0.717, 1.165) is 38.0 Å². The maximum atomic E-state index is 11.0. The van der Waals surface area contributed by atoms with Gasteiger partial charge in [-0.05, 0) is 35.4 Å². The molecule has 0 unspecified atom stereocenters. The highest BCUT2D eigenvalue weighted by Crippen LogP contribution is 2.31. The number of carboxylic acids is 1. The highest BCUT2D eigenvalue weighted by molar-refractivity contribution is 7.17. The van der Waals surface area contributed by atoms with Gasteiger partial charge in [-0.1, -0.05) is 59.9 Å². The van der Waals surface area contributed by atoms with Crippen molar-refractivity contribution in [2.75, 3.05) is 33.5 Å². The Hall–Kier alpha value is -3.59. The van der Waals surface area contributed by atoms with E-state index in [4.69, 9.17) is 19.3 Å². The summed E-state index contributed by atoms with van der Waals surface area (Å²) in [6.07, 6.45) is 0. The molecule has 0 aliphatic heterocycles. The van der Waals surface area contributed by atoms with E-state index < -0.39 is 5.97 Å². The standard InChI is InChI=1S/C26H24N2O5S/c1-31-14-15-32-16-17-33-23-12-10-19(11-13-23)18-2-4-20(5-3-18)24-27-28-25(34-24)21-6-8-22(9-7-21)26(29)30/h2-13H,14-17H2,1H3,(H,29,30). The fraction of sp³-hybridized carbons (Fsp3) is 0.192. The first-order chi connectivity index (χ1) is 16.6. The topological polar surface area (TPSA) is 90.8 Å². The Morgan fingerprint density at radius 1 is 0.735 bits per heavy atom. The second-order valence-corrected chi connectivity index (χ2v) is 8.33. The third kappa shape index (κ3) is 6.05. The molecule has 4 aromatic rings. The summed E-state index contributed by atoms with van der Waals surface area (Å²) >= 11 is 1.47. The molecule has 1 aromatic heterocycles. The van der Waals surface area contributed by atoms with Crippen LogP contribution in [-0.2, 0) is 9.47 Å². The van der Waals surface area contributed by atoms with E-state index in [1.54, 1.807) is 31.4 Å². The summed E-state index contributed by atoms with van der Waals surface area (Å²) in [6.45, 7) is 2.15. The zero-order chi connectivity index (χ0) is 23.8. The number of ether oxygens (including phenoxy) is 3. The second-order valence-electron chi connectivity index (χ2n) is 7.35. The minimum absolute atomic E-state index is 0.246. The molecule has 1 N–H and O–H groups in total.